The van der Waals surface area contributed by atoms with Gasteiger partial charge in [-0.05, 0) is 32.4 Å². The molecule has 1 amide bonds. The Morgan fingerprint density at radius 3 is 2.29 bits per heavy atom. The topological polar surface area (TPSA) is 78.9 Å². The summed E-state index contributed by atoms with van der Waals surface area (Å²) in [6.45, 7) is 6.96. The molecule has 0 heterocycles. The molecule has 0 fully saturated rings. The van der Waals surface area contributed by atoms with Crippen LogP contribution in [-0.4, -0.2) is 34.4 Å². The third-order valence-electron chi connectivity index (χ3n) is 3.42. The van der Waals surface area contributed by atoms with Crippen molar-refractivity contribution in [2.75, 3.05) is 6.54 Å². The van der Waals surface area contributed by atoms with Crippen molar-refractivity contribution in [1.82, 2.24) is 4.90 Å². The van der Waals surface area contributed by atoms with Crippen molar-refractivity contribution < 1.29 is 10.0 Å². The molecule has 0 saturated heterocycles. The Morgan fingerprint density at radius 2 is 1.81 bits per heavy atom. The fourth-order valence-electron chi connectivity index (χ4n) is 2.13. The van der Waals surface area contributed by atoms with E-state index in [9.17, 15) is 4.79 Å². The summed E-state index contributed by atoms with van der Waals surface area (Å²) < 4.78 is 0. The fraction of sp³-hybridized carbons (Fsp3) is 0.500. The summed E-state index contributed by atoms with van der Waals surface area (Å²) in [4.78, 5) is 14.4. The monoisotopic (exact) mass is 291 g/mol. The first kappa shape index (κ1) is 17.0. The summed E-state index contributed by atoms with van der Waals surface area (Å²) in [7, 11) is 0. The van der Waals surface area contributed by atoms with Gasteiger partial charge < -0.3 is 15.8 Å². The first-order chi connectivity index (χ1) is 10.0. The second-order valence-corrected chi connectivity index (χ2v) is 5.36. The van der Waals surface area contributed by atoms with Gasteiger partial charge in [-0.15, -0.1) is 0 Å². The average molecular weight is 291 g/mol. The Hall–Kier alpha value is -2.04. The van der Waals surface area contributed by atoms with E-state index in [-0.39, 0.29) is 17.8 Å². The summed E-state index contributed by atoms with van der Waals surface area (Å²) in [6, 6.07) is 6.97. The number of benzene rings is 1. The van der Waals surface area contributed by atoms with Crippen molar-refractivity contribution in [3.05, 3.63) is 35.4 Å². The van der Waals surface area contributed by atoms with Crippen LogP contribution in [0.2, 0.25) is 0 Å². The second-order valence-electron chi connectivity index (χ2n) is 5.36. The Balaban J connectivity index is 2.83. The van der Waals surface area contributed by atoms with Gasteiger partial charge in [0, 0.05) is 23.7 Å². The molecule has 0 bridgehead atoms. The number of rotatable bonds is 7. The number of hydrogen-bond donors (Lipinski definition) is 2. The quantitative estimate of drug-likeness (QED) is 0.266. The van der Waals surface area contributed by atoms with Crippen LogP contribution in [0.15, 0.2) is 29.4 Å². The first-order valence-electron chi connectivity index (χ1n) is 7.40. The molecule has 0 saturated carbocycles. The smallest absolute Gasteiger partial charge is 0.254 e. The minimum absolute atomic E-state index is 0.0205. The molecule has 0 aliphatic carbocycles. The number of amides is 1. The van der Waals surface area contributed by atoms with E-state index in [2.05, 4.69) is 12.1 Å². The van der Waals surface area contributed by atoms with Crippen LogP contribution < -0.4 is 5.73 Å². The van der Waals surface area contributed by atoms with Crippen molar-refractivity contribution in [3.63, 3.8) is 0 Å². The number of unbranched alkanes of at least 4 members (excludes halogenated alkanes) is 2. The molecule has 0 radical (unpaired) electrons. The summed E-state index contributed by atoms with van der Waals surface area (Å²) in [6.07, 6.45) is 3.27. The van der Waals surface area contributed by atoms with Gasteiger partial charge >= 0.3 is 0 Å². The zero-order valence-electron chi connectivity index (χ0n) is 13.0. The van der Waals surface area contributed by atoms with Gasteiger partial charge in [-0.1, -0.05) is 37.1 Å². The van der Waals surface area contributed by atoms with Crippen molar-refractivity contribution in [2.24, 2.45) is 10.9 Å². The van der Waals surface area contributed by atoms with E-state index in [0.29, 0.717) is 11.1 Å². The summed E-state index contributed by atoms with van der Waals surface area (Å²) >= 11 is 0. The Bertz CT molecular complexity index is 481. The lowest BCUT2D eigenvalue weighted by atomic mass is 10.1. The van der Waals surface area contributed by atoms with Gasteiger partial charge in [0.25, 0.3) is 5.91 Å². The van der Waals surface area contributed by atoms with E-state index in [4.69, 9.17) is 10.9 Å². The zero-order chi connectivity index (χ0) is 15.8. The van der Waals surface area contributed by atoms with Crippen LogP contribution in [-0.2, 0) is 0 Å². The molecule has 0 unspecified atom stereocenters. The van der Waals surface area contributed by atoms with Gasteiger partial charge in [-0.2, -0.15) is 0 Å². The highest BCUT2D eigenvalue weighted by Gasteiger charge is 2.18. The minimum Gasteiger partial charge on any atom is -0.409 e. The molecule has 5 heteroatoms. The van der Waals surface area contributed by atoms with Gasteiger partial charge in [0.2, 0.25) is 0 Å². The van der Waals surface area contributed by atoms with E-state index in [1.807, 2.05) is 18.7 Å². The van der Waals surface area contributed by atoms with Gasteiger partial charge in [0.15, 0.2) is 5.84 Å². The molecule has 1 rings (SSSR count). The first-order valence-corrected chi connectivity index (χ1v) is 7.40. The van der Waals surface area contributed by atoms with Crippen molar-refractivity contribution in [3.8, 4) is 0 Å². The number of carbonyl (C=O) groups is 1. The molecule has 116 valence electrons. The molecule has 0 spiro atoms. The van der Waals surface area contributed by atoms with E-state index in [1.54, 1.807) is 24.3 Å². The third-order valence-corrected chi connectivity index (χ3v) is 3.42. The zero-order valence-corrected chi connectivity index (χ0v) is 13.0. The van der Waals surface area contributed by atoms with Crippen molar-refractivity contribution in [2.45, 2.75) is 46.1 Å². The van der Waals surface area contributed by atoms with Gasteiger partial charge in [0.05, 0.1) is 0 Å². The van der Waals surface area contributed by atoms with Crippen LogP contribution in [0.1, 0.15) is 56.0 Å². The van der Waals surface area contributed by atoms with Crippen LogP contribution in [0.3, 0.4) is 0 Å². The fourth-order valence-corrected chi connectivity index (χ4v) is 2.13. The Kier molecular flexibility index (Phi) is 6.72. The number of amidine groups is 1. The number of hydrogen-bond acceptors (Lipinski definition) is 3. The molecule has 1 aromatic carbocycles. The van der Waals surface area contributed by atoms with Crippen LogP contribution in [0.25, 0.3) is 0 Å². The predicted octanol–water partition coefficient (Wildman–Crippen LogP) is 2.82. The number of nitrogens with zero attached hydrogens (tertiary/aromatic N) is 2. The Labute approximate surface area is 126 Å². The maximum absolute atomic E-state index is 12.5. The van der Waals surface area contributed by atoms with Crippen LogP contribution >= 0.6 is 0 Å². The van der Waals surface area contributed by atoms with E-state index in [0.717, 1.165) is 25.8 Å². The van der Waals surface area contributed by atoms with Crippen molar-refractivity contribution >= 4 is 11.7 Å². The Morgan fingerprint density at radius 1 is 1.24 bits per heavy atom. The van der Waals surface area contributed by atoms with Crippen LogP contribution in [0.4, 0.5) is 0 Å². The molecule has 0 aliphatic heterocycles. The molecule has 21 heavy (non-hydrogen) atoms. The molecule has 5 nitrogen and oxygen atoms in total. The van der Waals surface area contributed by atoms with E-state index >= 15 is 0 Å². The molecule has 0 aliphatic rings. The highest BCUT2D eigenvalue weighted by molar-refractivity contribution is 5.99. The highest BCUT2D eigenvalue weighted by Crippen LogP contribution is 2.12. The van der Waals surface area contributed by atoms with Gasteiger partial charge in [0.1, 0.15) is 0 Å². The third kappa shape index (κ3) is 4.77. The van der Waals surface area contributed by atoms with Gasteiger partial charge in [-0.25, -0.2) is 0 Å². The molecular weight excluding hydrogens is 266 g/mol. The summed E-state index contributed by atoms with van der Waals surface area (Å²) in [5, 5.41) is 11.6. The standard InChI is InChI=1S/C16H25N3O2/c1-4-5-6-11-19(12(2)3)16(20)14-9-7-13(8-10-14)15(17)18-21/h7-10,12,21H,4-6,11H2,1-3H3,(H2,17,18). The van der Waals surface area contributed by atoms with E-state index in [1.165, 1.54) is 0 Å². The van der Waals surface area contributed by atoms with Crippen LogP contribution in [0, 0.1) is 0 Å². The van der Waals surface area contributed by atoms with Crippen molar-refractivity contribution in [1.29, 1.82) is 0 Å². The molecule has 0 atom stereocenters. The second kappa shape index (κ2) is 8.29. The molecule has 0 aromatic heterocycles. The lowest BCUT2D eigenvalue weighted by molar-refractivity contribution is 0.0702. The maximum atomic E-state index is 12.5. The molecule has 3 N–H and O–H groups in total. The van der Waals surface area contributed by atoms with E-state index < -0.39 is 0 Å². The lowest BCUT2D eigenvalue weighted by Gasteiger charge is -2.27. The normalized spacial score (nSPS) is 11.7. The molecule has 1 aromatic rings. The largest absolute Gasteiger partial charge is 0.409 e. The predicted molar refractivity (Wildman–Crippen MR) is 84.7 cm³/mol. The highest BCUT2D eigenvalue weighted by atomic mass is 16.4. The number of nitrogens with two attached hydrogens (primary N) is 1. The van der Waals surface area contributed by atoms with Gasteiger partial charge in [-0.3, -0.25) is 4.79 Å². The summed E-state index contributed by atoms with van der Waals surface area (Å²) in [5.74, 6) is 0.0600. The minimum atomic E-state index is 0.0205. The lowest BCUT2D eigenvalue weighted by Crippen LogP contribution is -2.37. The number of carbonyl (C=O) groups excluding carboxylic acids is 1. The number of oxime groups is 1. The SMILES string of the molecule is CCCCCN(C(=O)c1ccc(C(N)=NO)cc1)C(C)C. The summed E-state index contributed by atoms with van der Waals surface area (Å²) in [5.41, 5.74) is 6.73. The van der Waals surface area contributed by atoms with Crippen LogP contribution in [0.5, 0.6) is 0 Å². The average Bonchev–Trinajstić information content (AvgIpc) is 2.50. The maximum Gasteiger partial charge on any atom is 0.254 e. The molecular formula is C16H25N3O2.